The third kappa shape index (κ3) is 1.93. The summed E-state index contributed by atoms with van der Waals surface area (Å²) in [5.41, 5.74) is 0.433. The van der Waals surface area contributed by atoms with Crippen molar-refractivity contribution in [1.29, 1.82) is 0 Å². The van der Waals surface area contributed by atoms with Gasteiger partial charge in [-0.15, -0.1) is 0 Å². The number of aromatic nitrogens is 2. The SMILES string of the molecule is O=c1cc(NC2CCCC2O)cn[nH]1. The summed E-state index contributed by atoms with van der Waals surface area (Å²) >= 11 is 0. The highest BCUT2D eigenvalue weighted by Crippen LogP contribution is 2.21. The minimum Gasteiger partial charge on any atom is -0.391 e. The Kier molecular flexibility index (Phi) is 2.49. The van der Waals surface area contributed by atoms with E-state index in [-0.39, 0.29) is 17.7 Å². The largest absolute Gasteiger partial charge is 0.391 e. The van der Waals surface area contributed by atoms with Crippen molar-refractivity contribution in [2.45, 2.75) is 31.4 Å². The van der Waals surface area contributed by atoms with Gasteiger partial charge in [-0.2, -0.15) is 5.10 Å². The molecule has 0 spiro atoms. The third-order valence-electron chi connectivity index (χ3n) is 2.50. The minimum atomic E-state index is -0.311. The molecule has 5 heteroatoms. The van der Waals surface area contributed by atoms with Gasteiger partial charge in [-0.3, -0.25) is 4.79 Å². The zero-order valence-electron chi connectivity index (χ0n) is 7.73. The van der Waals surface area contributed by atoms with Crippen molar-refractivity contribution in [2.75, 3.05) is 5.32 Å². The Hall–Kier alpha value is -1.36. The Morgan fingerprint density at radius 3 is 3.07 bits per heavy atom. The minimum absolute atomic E-state index is 0.0543. The second-order valence-corrected chi connectivity index (χ2v) is 3.58. The summed E-state index contributed by atoms with van der Waals surface area (Å²) in [6.07, 6.45) is 4.03. The second kappa shape index (κ2) is 3.79. The molecule has 1 aliphatic rings. The van der Waals surface area contributed by atoms with Gasteiger partial charge in [0.25, 0.3) is 5.56 Å². The van der Waals surface area contributed by atoms with Crippen LogP contribution in [0.5, 0.6) is 0 Å². The first-order valence-electron chi connectivity index (χ1n) is 4.75. The van der Waals surface area contributed by atoms with E-state index in [4.69, 9.17) is 0 Å². The van der Waals surface area contributed by atoms with Gasteiger partial charge in [0, 0.05) is 6.07 Å². The fourth-order valence-corrected chi connectivity index (χ4v) is 1.78. The molecule has 1 heterocycles. The number of rotatable bonds is 2. The van der Waals surface area contributed by atoms with E-state index in [2.05, 4.69) is 15.5 Å². The molecule has 0 aromatic carbocycles. The number of H-pyrrole nitrogens is 1. The van der Waals surface area contributed by atoms with E-state index in [1.807, 2.05) is 0 Å². The molecule has 2 atom stereocenters. The Labute approximate surface area is 81.2 Å². The molecule has 1 fully saturated rings. The van der Waals surface area contributed by atoms with Crippen LogP contribution in [0.15, 0.2) is 17.1 Å². The van der Waals surface area contributed by atoms with Crippen molar-refractivity contribution in [2.24, 2.45) is 0 Å². The van der Waals surface area contributed by atoms with Gasteiger partial charge in [-0.25, -0.2) is 5.10 Å². The zero-order valence-corrected chi connectivity index (χ0v) is 7.73. The smallest absolute Gasteiger partial charge is 0.266 e. The van der Waals surface area contributed by atoms with Crippen LogP contribution in [0.4, 0.5) is 5.69 Å². The second-order valence-electron chi connectivity index (χ2n) is 3.58. The lowest BCUT2D eigenvalue weighted by atomic mass is 10.2. The molecular formula is C9H13N3O2. The monoisotopic (exact) mass is 195 g/mol. The van der Waals surface area contributed by atoms with Crippen LogP contribution in [0.3, 0.4) is 0 Å². The number of nitrogens with zero attached hydrogens (tertiary/aromatic N) is 1. The van der Waals surface area contributed by atoms with Gasteiger partial charge in [-0.05, 0) is 19.3 Å². The Bertz CT molecular complexity index is 363. The molecule has 2 unspecified atom stereocenters. The quantitative estimate of drug-likeness (QED) is 0.625. The zero-order chi connectivity index (χ0) is 9.97. The van der Waals surface area contributed by atoms with Crippen LogP contribution >= 0.6 is 0 Å². The fourth-order valence-electron chi connectivity index (χ4n) is 1.78. The van der Waals surface area contributed by atoms with Gasteiger partial charge in [0.15, 0.2) is 0 Å². The lowest BCUT2D eigenvalue weighted by Gasteiger charge is -2.16. The number of aliphatic hydroxyl groups excluding tert-OH is 1. The average molecular weight is 195 g/mol. The van der Waals surface area contributed by atoms with Crippen molar-refractivity contribution in [3.8, 4) is 0 Å². The lowest BCUT2D eigenvalue weighted by Crippen LogP contribution is -2.28. The van der Waals surface area contributed by atoms with Crippen LogP contribution in [0.25, 0.3) is 0 Å². The average Bonchev–Trinajstić information content (AvgIpc) is 2.52. The maximum atomic E-state index is 10.9. The summed E-state index contributed by atoms with van der Waals surface area (Å²) in [7, 11) is 0. The summed E-state index contributed by atoms with van der Waals surface area (Å²) in [6.45, 7) is 0. The van der Waals surface area contributed by atoms with Crippen LogP contribution in [0.2, 0.25) is 0 Å². The van der Waals surface area contributed by atoms with Crippen LogP contribution in [0.1, 0.15) is 19.3 Å². The summed E-state index contributed by atoms with van der Waals surface area (Å²) in [4.78, 5) is 10.9. The highest BCUT2D eigenvalue weighted by atomic mass is 16.3. The summed E-state index contributed by atoms with van der Waals surface area (Å²) in [6, 6.07) is 1.50. The predicted molar refractivity (Wildman–Crippen MR) is 52.1 cm³/mol. The molecule has 0 saturated heterocycles. The number of anilines is 1. The molecule has 3 N–H and O–H groups in total. The maximum absolute atomic E-state index is 10.9. The number of hydrogen-bond donors (Lipinski definition) is 3. The normalized spacial score (nSPS) is 26.4. The first-order chi connectivity index (χ1) is 6.75. The van der Waals surface area contributed by atoms with E-state index in [0.717, 1.165) is 19.3 Å². The topological polar surface area (TPSA) is 78.0 Å². The van der Waals surface area contributed by atoms with E-state index in [9.17, 15) is 9.90 Å². The van der Waals surface area contributed by atoms with Gasteiger partial charge in [0.05, 0.1) is 24.0 Å². The summed E-state index contributed by atoms with van der Waals surface area (Å²) in [5.74, 6) is 0. The van der Waals surface area contributed by atoms with E-state index in [1.165, 1.54) is 6.07 Å². The maximum Gasteiger partial charge on any atom is 0.266 e. The molecule has 0 amide bonds. The summed E-state index contributed by atoms with van der Waals surface area (Å²) in [5, 5.41) is 18.6. The highest BCUT2D eigenvalue weighted by Gasteiger charge is 2.24. The first kappa shape index (κ1) is 9.21. The predicted octanol–water partition coefficient (Wildman–Crippen LogP) is 0.0952. The van der Waals surface area contributed by atoms with E-state index in [0.29, 0.717) is 5.69 Å². The van der Waals surface area contributed by atoms with Gasteiger partial charge in [-0.1, -0.05) is 0 Å². The number of aliphatic hydroxyl groups is 1. The number of hydrogen-bond acceptors (Lipinski definition) is 4. The van der Waals surface area contributed by atoms with Crippen LogP contribution in [-0.4, -0.2) is 27.4 Å². The van der Waals surface area contributed by atoms with Crippen LogP contribution < -0.4 is 10.9 Å². The van der Waals surface area contributed by atoms with Crippen molar-refractivity contribution in [1.82, 2.24) is 10.2 Å². The van der Waals surface area contributed by atoms with Crippen molar-refractivity contribution < 1.29 is 5.11 Å². The molecule has 0 radical (unpaired) electrons. The van der Waals surface area contributed by atoms with Crippen molar-refractivity contribution in [3.63, 3.8) is 0 Å². The molecular weight excluding hydrogens is 182 g/mol. The lowest BCUT2D eigenvalue weighted by molar-refractivity contribution is 0.172. The van der Waals surface area contributed by atoms with E-state index < -0.39 is 0 Å². The van der Waals surface area contributed by atoms with Crippen LogP contribution in [-0.2, 0) is 0 Å². The van der Waals surface area contributed by atoms with Gasteiger partial charge in [0.2, 0.25) is 0 Å². The fraction of sp³-hybridized carbons (Fsp3) is 0.556. The third-order valence-corrected chi connectivity index (χ3v) is 2.50. The molecule has 76 valence electrons. The van der Waals surface area contributed by atoms with Crippen molar-refractivity contribution >= 4 is 5.69 Å². The molecule has 1 aromatic heterocycles. The molecule has 1 saturated carbocycles. The molecule has 14 heavy (non-hydrogen) atoms. The molecule has 2 rings (SSSR count). The Morgan fingerprint density at radius 1 is 1.57 bits per heavy atom. The molecule has 0 bridgehead atoms. The molecule has 0 aliphatic heterocycles. The van der Waals surface area contributed by atoms with Crippen molar-refractivity contribution in [3.05, 3.63) is 22.6 Å². The highest BCUT2D eigenvalue weighted by molar-refractivity contribution is 5.40. The van der Waals surface area contributed by atoms with Gasteiger partial charge < -0.3 is 10.4 Å². The Morgan fingerprint density at radius 2 is 2.43 bits per heavy atom. The summed E-state index contributed by atoms with van der Waals surface area (Å²) < 4.78 is 0. The van der Waals surface area contributed by atoms with Crippen LogP contribution in [0, 0.1) is 0 Å². The standard InChI is InChI=1S/C9H13N3O2/c13-8-3-1-2-7(8)11-6-4-9(14)12-10-5-6/h4-5,7-8,13H,1-3H2,(H2,11,12,14). The molecule has 1 aliphatic carbocycles. The first-order valence-corrected chi connectivity index (χ1v) is 4.75. The van der Waals surface area contributed by atoms with E-state index >= 15 is 0 Å². The van der Waals surface area contributed by atoms with Gasteiger partial charge in [0.1, 0.15) is 0 Å². The van der Waals surface area contributed by atoms with Gasteiger partial charge >= 0.3 is 0 Å². The number of aromatic amines is 1. The van der Waals surface area contributed by atoms with E-state index in [1.54, 1.807) is 6.20 Å². The Balaban J connectivity index is 2.07. The number of nitrogens with one attached hydrogen (secondary N) is 2. The molecule has 1 aromatic rings. The molecule has 5 nitrogen and oxygen atoms in total.